The van der Waals surface area contributed by atoms with Gasteiger partial charge in [0.25, 0.3) is 0 Å². The minimum absolute atomic E-state index is 0.00866. The van der Waals surface area contributed by atoms with Crippen molar-refractivity contribution in [1.29, 1.82) is 0 Å². The molecule has 1 rings (SSSR count). The number of carbonyl (C=O) groups excluding carboxylic acids is 2. The van der Waals surface area contributed by atoms with E-state index in [1.54, 1.807) is 6.92 Å². The average molecular weight is 226 g/mol. The van der Waals surface area contributed by atoms with E-state index in [1.807, 2.05) is 4.90 Å². The van der Waals surface area contributed by atoms with Gasteiger partial charge in [-0.05, 0) is 18.8 Å². The summed E-state index contributed by atoms with van der Waals surface area (Å²) in [6, 6.07) is 0.131. The maximum atomic E-state index is 11.4. The van der Waals surface area contributed by atoms with Crippen LogP contribution in [0.3, 0.4) is 0 Å². The average Bonchev–Trinajstić information content (AvgIpc) is 2.16. The van der Waals surface area contributed by atoms with Gasteiger partial charge in [0.2, 0.25) is 11.8 Å². The number of hydrogen-bond acceptors (Lipinski definition) is 2. The number of nitrogens with one attached hydrogen (secondary N) is 1. The van der Waals surface area contributed by atoms with Crippen molar-refractivity contribution in [1.82, 2.24) is 10.2 Å². The second kappa shape index (κ2) is 5.87. The van der Waals surface area contributed by atoms with Crippen LogP contribution in [0.1, 0.15) is 40.0 Å². The second-order valence-corrected chi connectivity index (χ2v) is 4.71. The zero-order chi connectivity index (χ0) is 12.1. The van der Waals surface area contributed by atoms with Crippen molar-refractivity contribution >= 4 is 11.8 Å². The first kappa shape index (κ1) is 13.0. The van der Waals surface area contributed by atoms with E-state index in [-0.39, 0.29) is 17.9 Å². The number of likely N-dealkylation sites (tertiary alicyclic amines) is 1. The normalized spacial score (nSPS) is 25.3. The van der Waals surface area contributed by atoms with Crippen LogP contribution in [0.5, 0.6) is 0 Å². The molecule has 0 radical (unpaired) electrons. The molecule has 0 saturated carbocycles. The molecule has 4 heteroatoms. The fraction of sp³-hybridized carbons (Fsp3) is 0.833. The van der Waals surface area contributed by atoms with E-state index in [9.17, 15) is 9.59 Å². The Morgan fingerprint density at radius 2 is 2.00 bits per heavy atom. The first-order chi connectivity index (χ1) is 7.52. The lowest BCUT2D eigenvalue weighted by atomic mass is 9.90. The molecule has 0 bridgehead atoms. The lowest BCUT2D eigenvalue weighted by Crippen LogP contribution is -2.51. The zero-order valence-corrected chi connectivity index (χ0v) is 10.5. The molecule has 1 saturated heterocycles. The zero-order valence-electron chi connectivity index (χ0n) is 10.5. The first-order valence-corrected chi connectivity index (χ1v) is 6.05. The van der Waals surface area contributed by atoms with Gasteiger partial charge in [-0.15, -0.1) is 0 Å². The Hall–Kier alpha value is -1.06. The van der Waals surface area contributed by atoms with E-state index in [1.165, 1.54) is 6.92 Å². The minimum atomic E-state index is -0.00866. The molecule has 1 N–H and O–H groups in total. The first-order valence-electron chi connectivity index (χ1n) is 6.05. The molecular formula is C12H22N2O2. The van der Waals surface area contributed by atoms with Crippen molar-refractivity contribution in [3.05, 3.63) is 0 Å². The summed E-state index contributed by atoms with van der Waals surface area (Å²) in [4.78, 5) is 24.3. The van der Waals surface area contributed by atoms with Gasteiger partial charge in [0, 0.05) is 33.0 Å². The summed E-state index contributed by atoms with van der Waals surface area (Å²) in [6.45, 7) is 6.79. The Labute approximate surface area is 97.4 Å². The lowest BCUT2D eigenvalue weighted by molar-refractivity contribution is -0.132. The standard InChI is InChI=1S/C12H22N2O2/c1-4-5-11-6-12(13-9(2)15)8-14(7-11)10(3)16/h11-12H,4-8H2,1-3H3,(H,13,15). The number of carbonyl (C=O) groups is 2. The summed E-state index contributed by atoms with van der Waals surface area (Å²) in [5.74, 6) is 0.626. The highest BCUT2D eigenvalue weighted by molar-refractivity contribution is 5.74. The molecule has 2 unspecified atom stereocenters. The third kappa shape index (κ3) is 3.83. The quantitative estimate of drug-likeness (QED) is 0.785. The monoisotopic (exact) mass is 226 g/mol. The highest BCUT2D eigenvalue weighted by Crippen LogP contribution is 2.21. The Morgan fingerprint density at radius 1 is 1.31 bits per heavy atom. The van der Waals surface area contributed by atoms with Crippen molar-refractivity contribution in [2.24, 2.45) is 5.92 Å². The molecule has 4 nitrogen and oxygen atoms in total. The maximum absolute atomic E-state index is 11.4. The summed E-state index contributed by atoms with van der Waals surface area (Å²) in [5, 5.41) is 2.92. The molecule has 0 aromatic rings. The number of hydrogen-bond donors (Lipinski definition) is 1. The van der Waals surface area contributed by atoms with Crippen molar-refractivity contribution in [2.45, 2.75) is 46.1 Å². The van der Waals surface area contributed by atoms with Crippen LogP contribution in [0.4, 0.5) is 0 Å². The van der Waals surface area contributed by atoms with E-state index in [2.05, 4.69) is 12.2 Å². The second-order valence-electron chi connectivity index (χ2n) is 4.71. The maximum Gasteiger partial charge on any atom is 0.219 e. The summed E-state index contributed by atoms with van der Waals surface area (Å²) in [7, 11) is 0. The molecule has 0 spiro atoms. The van der Waals surface area contributed by atoms with Crippen molar-refractivity contribution in [3.63, 3.8) is 0 Å². The Kier molecular flexibility index (Phi) is 4.77. The Morgan fingerprint density at radius 3 is 2.50 bits per heavy atom. The lowest BCUT2D eigenvalue weighted by Gasteiger charge is -2.37. The summed E-state index contributed by atoms with van der Waals surface area (Å²) < 4.78 is 0. The SMILES string of the molecule is CCCC1CC(NC(C)=O)CN(C(C)=O)C1. The molecule has 1 aliphatic rings. The molecule has 0 aromatic carbocycles. The van der Waals surface area contributed by atoms with Gasteiger partial charge < -0.3 is 10.2 Å². The van der Waals surface area contributed by atoms with Crippen LogP contribution in [0.25, 0.3) is 0 Å². The third-order valence-electron chi connectivity index (χ3n) is 3.09. The third-order valence-corrected chi connectivity index (χ3v) is 3.09. The van der Waals surface area contributed by atoms with Crippen LogP contribution >= 0.6 is 0 Å². The van der Waals surface area contributed by atoms with Crippen molar-refractivity contribution < 1.29 is 9.59 Å². The van der Waals surface area contributed by atoms with Crippen LogP contribution in [0.15, 0.2) is 0 Å². The minimum Gasteiger partial charge on any atom is -0.352 e. The summed E-state index contributed by atoms with van der Waals surface area (Å²) in [5.41, 5.74) is 0. The fourth-order valence-corrected chi connectivity index (χ4v) is 2.47. The van der Waals surface area contributed by atoms with E-state index in [4.69, 9.17) is 0 Å². The van der Waals surface area contributed by atoms with Gasteiger partial charge in [-0.1, -0.05) is 13.3 Å². The molecule has 1 fully saturated rings. The van der Waals surface area contributed by atoms with Crippen LogP contribution in [-0.4, -0.2) is 35.8 Å². The molecule has 16 heavy (non-hydrogen) atoms. The van der Waals surface area contributed by atoms with E-state index >= 15 is 0 Å². The number of nitrogens with zero attached hydrogens (tertiary/aromatic N) is 1. The molecule has 1 heterocycles. The van der Waals surface area contributed by atoms with Crippen LogP contribution in [0, 0.1) is 5.92 Å². The molecule has 2 atom stereocenters. The van der Waals surface area contributed by atoms with E-state index in [0.29, 0.717) is 12.5 Å². The predicted octanol–water partition coefficient (Wildman–Crippen LogP) is 1.16. The largest absolute Gasteiger partial charge is 0.352 e. The van der Waals surface area contributed by atoms with Crippen molar-refractivity contribution in [3.8, 4) is 0 Å². The molecule has 0 aromatic heterocycles. The molecule has 1 aliphatic heterocycles. The van der Waals surface area contributed by atoms with Crippen LogP contribution < -0.4 is 5.32 Å². The van der Waals surface area contributed by atoms with Crippen LogP contribution in [-0.2, 0) is 9.59 Å². The molecule has 92 valence electrons. The Balaban J connectivity index is 2.58. The molecule has 0 aliphatic carbocycles. The van der Waals surface area contributed by atoms with Crippen LogP contribution in [0.2, 0.25) is 0 Å². The highest BCUT2D eigenvalue weighted by Gasteiger charge is 2.28. The van der Waals surface area contributed by atoms with E-state index in [0.717, 1.165) is 25.8 Å². The van der Waals surface area contributed by atoms with Gasteiger partial charge in [0.15, 0.2) is 0 Å². The van der Waals surface area contributed by atoms with Gasteiger partial charge in [-0.2, -0.15) is 0 Å². The number of amides is 2. The summed E-state index contributed by atoms with van der Waals surface area (Å²) in [6.07, 6.45) is 3.25. The highest BCUT2D eigenvalue weighted by atomic mass is 16.2. The van der Waals surface area contributed by atoms with Gasteiger partial charge >= 0.3 is 0 Å². The fourth-order valence-electron chi connectivity index (χ4n) is 2.47. The molecule has 2 amide bonds. The molecular weight excluding hydrogens is 204 g/mol. The summed E-state index contributed by atoms with van der Waals surface area (Å²) >= 11 is 0. The van der Waals surface area contributed by atoms with Gasteiger partial charge in [-0.3, -0.25) is 9.59 Å². The number of rotatable bonds is 3. The van der Waals surface area contributed by atoms with E-state index < -0.39 is 0 Å². The smallest absolute Gasteiger partial charge is 0.219 e. The van der Waals surface area contributed by atoms with Gasteiger partial charge in [0.1, 0.15) is 0 Å². The topological polar surface area (TPSA) is 49.4 Å². The van der Waals surface area contributed by atoms with Gasteiger partial charge in [0.05, 0.1) is 0 Å². The van der Waals surface area contributed by atoms with Crippen molar-refractivity contribution in [2.75, 3.05) is 13.1 Å². The van der Waals surface area contributed by atoms with Gasteiger partial charge in [-0.25, -0.2) is 0 Å². The Bertz CT molecular complexity index is 266. The predicted molar refractivity (Wildman–Crippen MR) is 62.9 cm³/mol. The number of piperidine rings is 1.